The molecule has 2 atom stereocenters. The van der Waals surface area contributed by atoms with E-state index in [2.05, 4.69) is 17.1 Å². The maximum Gasteiger partial charge on any atom is 0.320 e. The van der Waals surface area contributed by atoms with Gasteiger partial charge in [-0.1, -0.05) is 20.3 Å². The topological polar surface area (TPSA) is 52.6 Å². The van der Waals surface area contributed by atoms with Crippen molar-refractivity contribution in [3.05, 3.63) is 0 Å². The first-order valence-corrected chi connectivity index (χ1v) is 6.88. The number of aliphatic carboxylic acids is 1. The smallest absolute Gasteiger partial charge is 0.320 e. The average molecular weight is 242 g/mol. The fourth-order valence-corrected chi connectivity index (χ4v) is 2.49. The fraction of sp³-hybridized carbons (Fsp3) is 0.923. The van der Waals surface area contributed by atoms with Gasteiger partial charge in [-0.3, -0.25) is 4.79 Å². The Morgan fingerprint density at radius 2 is 2.18 bits per heavy atom. The van der Waals surface area contributed by atoms with E-state index in [0.29, 0.717) is 6.04 Å². The summed E-state index contributed by atoms with van der Waals surface area (Å²) in [7, 11) is 0. The van der Waals surface area contributed by atoms with Gasteiger partial charge in [0.15, 0.2) is 0 Å². The summed E-state index contributed by atoms with van der Waals surface area (Å²) in [6.45, 7) is 7.56. The van der Waals surface area contributed by atoms with Crippen molar-refractivity contribution in [2.24, 2.45) is 0 Å². The highest BCUT2D eigenvalue weighted by molar-refractivity contribution is 5.73. The van der Waals surface area contributed by atoms with E-state index in [4.69, 9.17) is 5.11 Å². The van der Waals surface area contributed by atoms with Crippen LogP contribution in [0.25, 0.3) is 0 Å². The molecule has 4 heteroatoms. The lowest BCUT2D eigenvalue weighted by atomic mass is 10.1. The second-order valence-electron chi connectivity index (χ2n) is 4.91. The second-order valence-corrected chi connectivity index (χ2v) is 4.91. The van der Waals surface area contributed by atoms with Crippen LogP contribution in [0.5, 0.6) is 0 Å². The lowest BCUT2D eigenvalue weighted by molar-refractivity contribution is -0.139. The first-order chi connectivity index (χ1) is 8.17. The van der Waals surface area contributed by atoms with Gasteiger partial charge < -0.3 is 15.3 Å². The van der Waals surface area contributed by atoms with E-state index in [1.807, 2.05) is 6.92 Å². The predicted octanol–water partition coefficient (Wildman–Crippen LogP) is 1.70. The van der Waals surface area contributed by atoms with E-state index in [-0.39, 0.29) is 6.04 Å². The predicted molar refractivity (Wildman–Crippen MR) is 69.2 cm³/mol. The largest absolute Gasteiger partial charge is 0.480 e. The van der Waals surface area contributed by atoms with Gasteiger partial charge in [-0.2, -0.15) is 0 Å². The number of hydrogen-bond acceptors (Lipinski definition) is 3. The molecular formula is C13H26N2O2. The molecule has 1 aliphatic heterocycles. The van der Waals surface area contributed by atoms with Crippen LogP contribution in [-0.4, -0.2) is 47.7 Å². The average Bonchev–Trinajstić information content (AvgIpc) is 2.53. The summed E-state index contributed by atoms with van der Waals surface area (Å²) in [5, 5.41) is 12.4. The molecule has 2 unspecified atom stereocenters. The third-order valence-corrected chi connectivity index (χ3v) is 3.58. The molecule has 17 heavy (non-hydrogen) atoms. The van der Waals surface area contributed by atoms with Gasteiger partial charge in [-0.15, -0.1) is 0 Å². The summed E-state index contributed by atoms with van der Waals surface area (Å²) >= 11 is 0. The fourth-order valence-electron chi connectivity index (χ4n) is 2.49. The van der Waals surface area contributed by atoms with Gasteiger partial charge in [0.25, 0.3) is 0 Å². The molecule has 0 aromatic heterocycles. The molecule has 0 bridgehead atoms. The van der Waals surface area contributed by atoms with Gasteiger partial charge in [-0.05, 0) is 45.3 Å². The van der Waals surface area contributed by atoms with E-state index in [9.17, 15) is 4.79 Å². The van der Waals surface area contributed by atoms with E-state index >= 15 is 0 Å². The SMILES string of the molecule is CCCC(NC1CCCN(CC)CC1)C(=O)O. The molecule has 0 aromatic rings. The molecule has 0 saturated carbocycles. The zero-order valence-corrected chi connectivity index (χ0v) is 11.1. The Morgan fingerprint density at radius 3 is 2.76 bits per heavy atom. The minimum atomic E-state index is -0.705. The lowest BCUT2D eigenvalue weighted by Gasteiger charge is -2.22. The number of nitrogens with zero attached hydrogens (tertiary/aromatic N) is 1. The molecule has 1 aliphatic rings. The normalized spacial score (nSPS) is 24.2. The number of hydrogen-bond donors (Lipinski definition) is 2. The van der Waals surface area contributed by atoms with Gasteiger partial charge in [-0.25, -0.2) is 0 Å². The number of likely N-dealkylation sites (tertiary alicyclic amines) is 1. The van der Waals surface area contributed by atoms with Crippen molar-refractivity contribution in [2.75, 3.05) is 19.6 Å². The molecule has 0 aliphatic carbocycles. The Hall–Kier alpha value is -0.610. The Balaban J connectivity index is 2.41. The minimum absolute atomic E-state index is 0.363. The zero-order valence-electron chi connectivity index (χ0n) is 11.1. The van der Waals surface area contributed by atoms with Crippen LogP contribution in [0.15, 0.2) is 0 Å². The maximum absolute atomic E-state index is 11.1. The van der Waals surface area contributed by atoms with Crippen LogP contribution in [0.4, 0.5) is 0 Å². The number of carboxylic acid groups (broad SMARTS) is 1. The number of nitrogens with one attached hydrogen (secondary N) is 1. The van der Waals surface area contributed by atoms with Crippen LogP contribution in [-0.2, 0) is 4.79 Å². The first-order valence-electron chi connectivity index (χ1n) is 6.88. The Bertz CT molecular complexity index is 233. The molecule has 1 heterocycles. The van der Waals surface area contributed by atoms with E-state index in [1.54, 1.807) is 0 Å². The standard InChI is InChI=1S/C13H26N2O2/c1-3-6-12(13(16)17)14-11-7-5-9-15(4-2)10-8-11/h11-12,14H,3-10H2,1-2H3,(H,16,17). The van der Waals surface area contributed by atoms with Crippen molar-refractivity contribution in [3.8, 4) is 0 Å². The molecule has 0 aromatic carbocycles. The molecule has 1 saturated heterocycles. The molecule has 4 nitrogen and oxygen atoms in total. The monoisotopic (exact) mass is 242 g/mol. The van der Waals surface area contributed by atoms with E-state index in [0.717, 1.165) is 45.3 Å². The van der Waals surface area contributed by atoms with Crippen molar-refractivity contribution in [1.82, 2.24) is 10.2 Å². The molecule has 0 amide bonds. The lowest BCUT2D eigenvalue weighted by Crippen LogP contribution is -2.43. The zero-order chi connectivity index (χ0) is 12.7. The first kappa shape index (κ1) is 14.5. The van der Waals surface area contributed by atoms with Crippen molar-refractivity contribution >= 4 is 5.97 Å². The van der Waals surface area contributed by atoms with Crippen molar-refractivity contribution in [2.45, 2.75) is 58.0 Å². The number of rotatable bonds is 6. The van der Waals surface area contributed by atoms with Gasteiger partial charge in [0, 0.05) is 6.04 Å². The molecule has 100 valence electrons. The summed E-state index contributed by atoms with van der Waals surface area (Å²) in [4.78, 5) is 13.5. The second kappa shape index (κ2) is 7.67. The molecule has 1 rings (SSSR count). The summed E-state index contributed by atoms with van der Waals surface area (Å²) < 4.78 is 0. The molecule has 1 fully saturated rings. The summed E-state index contributed by atoms with van der Waals surface area (Å²) in [6.07, 6.45) is 4.98. The highest BCUT2D eigenvalue weighted by atomic mass is 16.4. The van der Waals surface area contributed by atoms with Crippen molar-refractivity contribution < 1.29 is 9.90 Å². The van der Waals surface area contributed by atoms with Gasteiger partial charge in [0.1, 0.15) is 6.04 Å². The molecule has 2 N–H and O–H groups in total. The summed E-state index contributed by atoms with van der Waals surface area (Å²) in [5.41, 5.74) is 0. The summed E-state index contributed by atoms with van der Waals surface area (Å²) in [5.74, 6) is -0.705. The molecular weight excluding hydrogens is 216 g/mol. The maximum atomic E-state index is 11.1. The Kier molecular flexibility index (Phi) is 6.52. The van der Waals surface area contributed by atoms with Crippen LogP contribution in [0.3, 0.4) is 0 Å². The van der Waals surface area contributed by atoms with Crippen molar-refractivity contribution in [1.29, 1.82) is 0 Å². The highest BCUT2D eigenvalue weighted by Crippen LogP contribution is 2.12. The van der Waals surface area contributed by atoms with Gasteiger partial charge >= 0.3 is 5.97 Å². The van der Waals surface area contributed by atoms with Crippen LogP contribution >= 0.6 is 0 Å². The third kappa shape index (κ3) is 5.04. The van der Waals surface area contributed by atoms with Crippen LogP contribution in [0.1, 0.15) is 46.0 Å². The Labute approximate surface area is 104 Å². The number of carboxylic acids is 1. The molecule has 0 spiro atoms. The van der Waals surface area contributed by atoms with Crippen molar-refractivity contribution in [3.63, 3.8) is 0 Å². The van der Waals surface area contributed by atoms with E-state index < -0.39 is 5.97 Å². The Morgan fingerprint density at radius 1 is 1.41 bits per heavy atom. The van der Waals surface area contributed by atoms with Gasteiger partial charge in [0.2, 0.25) is 0 Å². The quantitative estimate of drug-likeness (QED) is 0.744. The third-order valence-electron chi connectivity index (χ3n) is 3.58. The number of carbonyl (C=O) groups is 1. The minimum Gasteiger partial charge on any atom is -0.480 e. The van der Waals surface area contributed by atoms with E-state index in [1.165, 1.54) is 6.42 Å². The highest BCUT2D eigenvalue weighted by Gasteiger charge is 2.22. The van der Waals surface area contributed by atoms with Crippen LogP contribution in [0.2, 0.25) is 0 Å². The molecule has 0 radical (unpaired) electrons. The van der Waals surface area contributed by atoms with Crippen LogP contribution < -0.4 is 5.32 Å². The summed E-state index contributed by atoms with van der Waals surface area (Å²) in [6, 6.07) is 0.0115. The van der Waals surface area contributed by atoms with Crippen LogP contribution in [0, 0.1) is 0 Å². The van der Waals surface area contributed by atoms with Gasteiger partial charge in [0.05, 0.1) is 0 Å².